The molecule has 1 amide bonds. The molecule has 1 aliphatic rings. The molecule has 9 heteroatoms. The maximum Gasteiger partial charge on any atom is 0.253 e. The van der Waals surface area contributed by atoms with E-state index in [1.807, 2.05) is 42.5 Å². The first kappa shape index (κ1) is 25.7. The molecule has 1 aliphatic heterocycles. The van der Waals surface area contributed by atoms with Crippen molar-refractivity contribution in [2.24, 2.45) is 0 Å². The normalized spacial score (nSPS) is 14.4. The van der Waals surface area contributed by atoms with Crippen LogP contribution in [0.2, 0.25) is 0 Å². The van der Waals surface area contributed by atoms with Crippen LogP contribution in [0.5, 0.6) is 5.75 Å². The van der Waals surface area contributed by atoms with E-state index in [1.54, 1.807) is 13.2 Å². The quantitative estimate of drug-likeness (QED) is 0.457. The fraction of sp³-hybridized carbons (Fsp3) is 0.296. The Morgan fingerprint density at radius 2 is 1.67 bits per heavy atom. The Hall–Kier alpha value is -3.43. The summed E-state index contributed by atoms with van der Waals surface area (Å²) >= 11 is 0. The number of halogens is 1. The van der Waals surface area contributed by atoms with Gasteiger partial charge in [0.25, 0.3) is 5.91 Å². The fourth-order valence-electron chi connectivity index (χ4n) is 4.29. The van der Waals surface area contributed by atoms with Gasteiger partial charge in [0.1, 0.15) is 11.6 Å². The van der Waals surface area contributed by atoms with Gasteiger partial charge in [-0.2, -0.15) is 0 Å². The van der Waals surface area contributed by atoms with Crippen molar-refractivity contribution in [1.82, 2.24) is 10.0 Å². The molecular formula is C27H30FN3O4S. The summed E-state index contributed by atoms with van der Waals surface area (Å²) < 4.78 is 46.3. The molecule has 3 aromatic rings. The van der Waals surface area contributed by atoms with Gasteiger partial charge in [-0.25, -0.2) is 17.5 Å². The lowest BCUT2D eigenvalue weighted by Gasteiger charge is -2.34. The molecule has 4 rings (SSSR count). The zero-order valence-corrected chi connectivity index (χ0v) is 20.9. The van der Waals surface area contributed by atoms with Gasteiger partial charge in [0.05, 0.1) is 17.6 Å². The van der Waals surface area contributed by atoms with Crippen LogP contribution in [-0.4, -0.2) is 47.1 Å². The molecule has 0 spiro atoms. The number of benzene rings is 3. The van der Waals surface area contributed by atoms with Gasteiger partial charge in [0.15, 0.2) is 0 Å². The number of hydrogen-bond acceptors (Lipinski definition) is 5. The largest absolute Gasteiger partial charge is 0.497 e. The number of ether oxygens (including phenoxy) is 1. The van der Waals surface area contributed by atoms with E-state index in [0.717, 1.165) is 29.1 Å². The number of rotatable bonds is 9. The van der Waals surface area contributed by atoms with Crippen LogP contribution in [-0.2, 0) is 16.4 Å². The summed E-state index contributed by atoms with van der Waals surface area (Å²) in [6, 6.07) is 19.8. The number of sulfonamides is 1. The molecule has 0 aliphatic carbocycles. The summed E-state index contributed by atoms with van der Waals surface area (Å²) in [7, 11) is -2.10. The highest BCUT2D eigenvalue weighted by atomic mass is 32.2. The molecule has 3 aromatic carbocycles. The summed E-state index contributed by atoms with van der Waals surface area (Å²) in [6.45, 7) is 1.71. The Morgan fingerprint density at radius 3 is 2.33 bits per heavy atom. The van der Waals surface area contributed by atoms with Crippen LogP contribution in [0, 0.1) is 5.82 Å². The zero-order chi connectivity index (χ0) is 25.5. The Labute approximate surface area is 211 Å². The van der Waals surface area contributed by atoms with E-state index in [4.69, 9.17) is 4.74 Å². The van der Waals surface area contributed by atoms with Crippen LogP contribution in [0.25, 0.3) is 0 Å². The number of anilines is 1. The number of carbonyl (C=O) groups is 1. The molecule has 0 radical (unpaired) electrons. The first-order chi connectivity index (χ1) is 17.4. The van der Waals surface area contributed by atoms with Crippen molar-refractivity contribution in [3.05, 3.63) is 89.7 Å². The van der Waals surface area contributed by atoms with Crippen molar-refractivity contribution < 1.29 is 22.3 Å². The number of nitrogens with one attached hydrogen (secondary N) is 2. The van der Waals surface area contributed by atoms with E-state index in [2.05, 4.69) is 14.9 Å². The van der Waals surface area contributed by atoms with Gasteiger partial charge in [-0.1, -0.05) is 24.3 Å². The van der Waals surface area contributed by atoms with Crippen molar-refractivity contribution in [2.45, 2.75) is 30.2 Å². The van der Waals surface area contributed by atoms with Crippen molar-refractivity contribution in [3.8, 4) is 5.75 Å². The predicted octanol–water partition coefficient (Wildman–Crippen LogP) is 3.75. The van der Waals surface area contributed by atoms with Crippen LogP contribution < -0.4 is 19.7 Å². The second kappa shape index (κ2) is 11.5. The van der Waals surface area contributed by atoms with E-state index >= 15 is 0 Å². The maximum absolute atomic E-state index is 13.1. The average molecular weight is 512 g/mol. The first-order valence-corrected chi connectivity index (χ1v) is 13.4. The minimum absolute atomic E-state index is 0.0444. The van der Waals surface area contributed by atoms with Crippen molar-refractivity contribution >= 4 is 21.6 Å². The van der Waals surface area contributed by atoms with Crippen LogP contribution >= 0.6 is 0 Å². The molecule has 0 saturated carbocycles. The molecular weight excluding hydrogens is 481 g/mol. The highest BCUT2D eigenvalue weighted by Gasteiger charge is 2.26. The Bertz CT molecular complexity index is 1270. The highest BCUT2D eigenvalue weighted by molar-refractivity contribution is 7.89. The van der Waals surface area contributed by atoms with Crippen molar-refractivity contribution in [2.75, 3.05) is 31.6 Å². The Kier molecular flexibility index (Phi) is 8.22. The number of methoxy groups -OCH3 is 1. The summed E-state index contributed by atoms with van der Waals surface area (Å²) in [5.74, 6) is 0.174. The summed E-state index contributed by atoms with van der Waals surface area (Å²) in [5.41, 5.74) is 2.53. The van der Waals surface area contributed by atoms with Gasteiger partial charge in [-0.3, -0.25) is 4.79 Å². The lowest BCUT2D eigenvalue weighted by Crippen LogP contribution is -2.45. The van der Waals surface area contributed by atoms with E-state index in [0.29, 0.717) is 44.5 Å². The molecule has 1 fully saturated rings. The van der Waals surface area contributed by atoms with Gasteiger partial charge in [-0.05, 0) is 73.4 Å². The number of amides is 1. The number of hydrogen-bond donors (Lipinski definition) is 2. The van der Waals surface area contributed by atoms with Crippen LogP contribution in [0.4, 0.5) is 10.1 Å². The van der Waals surface area contributed by atoms with Gasteiger partial charge < -0.3 is 15.0 Å². The molecule has 190 valence electrons. The SMILES string of the molecule is COc1ccc(CCNC(=O)c2ccccc2N2CCC(NS(=O)(=O)c3ccc(F)cc3)CC2)cc1. The molecule has 0 atom stereocenters. The molecule has 1 saturated heterocycles. The third kappa shape index (κ3) is 6.41. The number of para-hydroxylation sites is 1. The Morgan fingerprint density at radius 1 is 1.00 bits per heavy atom. The zero-order valence-electron chi connectivity index (χ0n) is 20.1. The van der Waals surface area contributed by atoms with E-state index in [1.165, 1.54) is 12.1 Å². The van der Waals surface area contributed by atoms with Gasteiger partial charge in [-0.15, -0.1) is 0 Å². The second-order valence-electron chi connectivity index (χ2n) is 8.71. The average Bonchev–Trinajstić information content (AvgIpc) is 2.89. The lowest BCUT2D eigenvalue weighted by molar-refractivity contribution is 0.0954. The standard InChI is InChI=1S/C27H30FN3O4S/c1-35-23-10-6-20(7-11-23)14-17-29-27(32)25-4-2-3-5-26(25)31-18-15-22(16-19-31)30-36(33,34)24-12-8-21(28)9-13-24/h2-13,22,30H,14-19H2,1H3,(H,29,32). The lowest BCUT2D eigenvalue weighted by atomic mass is 10.0. The smallest absolute Gasteiger partial charge is 0.253 e. The molecule has 0 unspecified atom stereocenters. The minimum atomic E-state index is -3.72. The van der Waals surface area contributed by atoms with Crippen molar-refractivity contribution in [3.63, 3.8) is 0 Å². The topological polar surface area (TPSA) is 87.7 Å². The number of piperidine rings is 1. The molecule has 2 N–H and O–H groups in total. The predicted molar refractivity (Wildman–Crippen MR) is 137 cm³/mol. The number of nitrogens with zero attached hydrogens (tertiary/aromatic N) is 1. The molecule has 1 heterocycles. The molecule has 0 aromatic heterocycles. The summed E-state index contributed by atoms with van der Waals surface area (Å²) in [4.78, 5) is 15.1. The minimum Gasteiger partial charge on any atom is -0.497 e. The first-order valence-electron chi connectivity index (χ1n) is 11.9. The van der Waals surface area contributed by atoms with Crippen LogP contribution in [0.15, 0.2) is 77.7 Å². The van der Waals surface area contributed by atoms with Gasteiger partial charge >= 0.3 is 0 Å². The highest BCUT2D eigenvalue weighted by Crippen LogP contribution is 2.25. The van der Waals surface area contributed by atoms with Crippen LogP contribution in [0.1, 0.15) is 28.8 Å². The molecule has 7 nitrogen and oxygen atoms in total. The third-order valence-electron chi connectivity index (χ3n) is 6.29. The van der Waals surface area contributed by atoms with E-state index in [-0.39, 0.29) is 16.8 Å². The molecule has 36 heavy (non-hydrogen) atoms. The maximum atomic E-state index is 13.1. The second-order valence-corrected chi connectivity index (χ2v) is 10.4. The number of carbonyl (C=O) groups excluding carboxylic acids is 1. The van der Waals surface area contributed by atoms with Gasteiger partial charge in [0, 0.05) is 31.4 Å². The van der Waals surface area contributed by atoms with E-state index in [9.17, 15) is 17.6 Å². The monoisotopic (exact) mass is 511 g/mol. The van der Waals surface area contributed by atoms with Crippen LogP contribution in [0.3, 0.4) is 0 Å². The fourth-order valence-corrected chi connectivity index (χ4v) is 5.59. The third-order valence-corrected chi connectivity index (χ3v) is 7.82. The summed E-state index contributed by atoms with van der Waals surface area (Å²) in [6.07, 6.45) is 1.89. The summed E-state index contributed by atoms with van der Waals surface area (Å²) in [5, 5.41) is 3.00. The van der Waals surface area contributed by atoms with E-state index < -0.39 is 15.8 Å². The van der Waals surface area contributed by atoms with Gasteiger partial charge in [0.2, 0.25) is 10.0 Å². The Balaban J connectivity index is 1.32. The van der Waals surface area contributed by atoms with Crippen molar-refractivity contribution in [1.29, 1.82) is 0 Å². The molecule has 0 bridgehead atoms.